The minimum Gasteiger partial charge on any atom is -0.352 e. The molecule has 0 saturated carbocycles. The summed E-state index contributed by atoms with van der Waals surface area (Å²) in [6.07, 6.45) is 8.43. The Bertz CT molecular complexity index is 429. The van der Waals surface area contributed by atoms with Crippen molar-refractivity contribution in [2.45, 2.75) is 13.1 Å². The van der Waals surface area contributed by atoms with Crippen molar-refractivity contribution in [2.75, 3.05) is 13.1 Å². The van der Waals surface area contributed by atoms with Crippen LogP contribution < -0.4 is 20.6 Å². The van der Waals surface area contributed by atoms with Gasteiger partial charge in [0.1, 0.15) is 13.1 Å². The number of aromatic nitrogens is 2. The van der Waals surface area contributed by atoms with Crippen LogP contribution in [0.4, 0.5) is 0 Å². The molecule has 0 aliphatic heterocycles. The summed E-state index contributed by atoms with van der Waals surface area (Å²) in [5.41, 5.74) is 10.2. The molecular weight excluding hydrogens is 224 g/mol. The molecular formula is C14H22N4+4. The average Bonchev–Trinajstić information content (AvgIpc) is 2.41. The van der Waals surface area contributed by atoms with Gasteiger partial charge in [0.05, 0.1) is 0 Å². The highest BCUT2D eigenvalue weighted by Crippen LogP contribution is 2.15. The van der Waals surface area contributed by atoms with E-state index in [1.54, 1.807) is 0 Å². The van der Waals surface area contributed by atoms with Crippen molar-refractivity contribution in [3.05, 3.63) is 49.1 Å². The zero-order chi connectivity index (χ0) is 12.8. The molecule has 18 heavy (non-hydrogen) atoms. The number of quaternary nitrogens is 2. The van der Waals surface area contributed by atoms with E-state index in [0.717, 1.165) is 26.2 Å². The first-order valence-corrected chi connectivity index (χ1v) is 6.40. The first-order valence-electron chi connectivity index (χ1n) is 6.40. The van der Waals surface area contributed by atoms with E-state index < -0.39 is 0 Å². The third kappa shape index (κ3) is 3.12. The van der Waals surface area contributed by atoms with Gasteiger partial charge in [0.15, 0.2) is 37.9 Å². The predicted molar refractivity (Wildman–Crippen MR) is 67.8 cm³/mol. The predicted octanol–water partition coefficient (Wildman–Crippen LogP) is -1.59. The van der Waals surface area contributed by atoms with Crippen LogP contribution in [-0.4, -0.2) is 13.1 Å². The van der Waals surface area contributed by atoms with Crippen molar-refractivity contribution in [2.24, 2.45) is 0 Å². The van der Waals surface area contributed by atoms with Gasteiger partial charge in [-0.2, -0.15) is 9.13 Å². The standard InChI is InChI=1S/C14H20N4/c15-5-11-17-7-1-13(2-8-17)14-3-9-18(10-4-14)12-6-16/h1-4,7-10H,5-6,11-12,15-16H2/q+2/p+2. The van der Waals surface area contributed by atoms with Gasteiger partial charge in [-0.05, 0) is 11.1 Å². The molecule has 0 amide bonds. The summed E-state index contributed by atoms with van der Waals surface area (Å²) >= 11 is 0. The van der Waals surface area contributed by atoms with Crippen LogP contribution in [0.2, 0.25) is 0 Å². The molecule has 0 aliphatic rings. The molecule has 0 atom stereocenters. The van der Waals surface area contributed by atoms with Gasteiger partial charge in [-0.1, -0.05) is 0 Å². The van der Waals surface area contributed by atoms with E-state index in [1.807, 2.05) is 0 Å². The molecule has 4 heteroatoms. The van der Waals surface area contributed by atoms with Gasteiger partial charge < -0.3 is 11.5 Å². The number of nitrogens with zero attached hydrogens (tertiary/aromatic N) is 2. The van der Waals surface area contributed by atoms with E-state index in [2.05, 4.69) is 69.7 Å². The maximum atomic E-state index is 3.86. The Morgan fingerprint density at radius 2 is 1.00 bits per heavy atom. The van der Waals surface area contributed by atoms with Crippen molar-refractivity contribution in [3.8, 4) is 11.1 Å². The molecule has 0 saturated heterocycles. The van der Waals surface area contributed by atoms with Gasteiger partial charge in [0.25, 0.3) is 0 Å². The van der Waals surface area contributed by atoms with Crippen LogP contribution in [-0.2, 0) is 13.1 Å². The molecule has 2 heterocycles. The first-order chi connectivity index (χ1) is 8.83. The fraction of sp³-hybridized carbons (Fsp3) is 0.286. The van der Waals surface area contributed by atoms with E-state index >= 15 is 0 Å². The van der Waals surface area contributed by atoms with Crippen LogP contribution in [0.25, 0.3) is 11.1 Å². The minimum atomic E-state index is 0.917. The third-order valence-corrected chi connectivity index (χ3v) is 2.95. The Morgan fingerprint density at radius 1 is 0.667 bits per heavy atom. The van der Waals surface area contributed by atoms with E-state index in [1.165, 1.54) is 11.1 Å². The maximum Gasteiger partial charge on any atom is 0.196 e. The molecule has 0 spiro atoms. The van der Waals surface area contributed by atoms with Gasteiger partial charge in [-0.15, -0.1) is 0 Å². The van der Waals surface area contributed by atoms with Gasteiger partial charge in [0.2, 0.25) is 0 Å². The summed E-state index contributed by atoms with van der Waals surface area (Å²) in [6, 6.07) is 8.60. The van der Waals surface area contributed by atoms with Crippen LogP contribution in [0, 0.1) is 0 Å². The van der Waals surface area contributed by atoms with Crippen molar-refractivity contribution in [1.29, 1.82) is 0 Å². The third-order valence-electron chi connectivity index (χ3n) is 2.95. The second-order valence-corrected chi connectivity index (χ2v) is 4.36. The Morgan fingerprint density at radius 3 is 1.28 bits per heavy atom. The summed E-state index contributed by atoms with van der Waals surface area (Å²) in [5, 5.41) is 0. The molecule has 2 aromatic rings. The number of hydrogen-bond acceptors (Lipinski definition) is 0. The van der Waals surface area contributed by atoms with Crippen LogP contribution in [0.1, 0.15) is 0 Å². The molecule has 0 bridgehead atoms. The first kappa shape index (κ1) is 12.7. The second kappa shape index (κ2) is 6.23. The molecule has 0 radical (unpaired) electrons. The highest BCUT2D eigenvalue weighted by atomic mass is 14.9. The molecule has 2 aromatic heterocycles. The Kier molecular flexibility index (Phi) is 4.39. The SMILES string of the molecule is [NH3+]CC[n+]1ccc(-c2cc[n+](CC[NH3+])cc2)cc1. The molecule has 2 rings (SSSR count). The summed E-state index contributed by atoms with van der Waals surface area (Å²) in [4.78, 5) is 0. The van der Waals surface area contributed by atoms with Crippen molar-refractivity contribution in [3.63, 3.8) is 0 Å². The molecule has 94 valence electrons. The monoisotopic (exact) mass is 246 g/mol. The molecule has 6 N–H and O–H groups in total. The highest BCUT2D eigenvalue weighted by molar-refractivity contribution is 5.60. The average molecular weight is 246 g/mol. The van der Waals surface area contributed by atoms with E-state index in [4.69, 9.17) is 0 Å². The number of hydrogen-bond donors (Lipinski definition) is 2. The summed E-state index contributed by atoms with van der Waals surface area (Å²) in [6.45, 7) is 3.78. The Balaban J connectivity index is 2.15. The topological polar surface area (TPSA) is 63.0 Å². The van der Waals surface area contributed by atoms with E-state index in [-0.39, 0.29) is 0 Å². The number of rotatable bonds is 5. The zero-order valence-electron chi connectivity index (χ0n) is 10.8. The van der Waals surface area contributed by atoms with Crippen LogP contribution in [0.5, 0.6) is 0 Å². The quantitative estimate of drug-likeness (QED) is 0.598. The van der Waals surface area contributed by atoms with Gasteiger partial charge in [-0.25, -0.2) is 0 Å². The molecule has 4 nitrogen and oxygen atoms in total. The van der Waals surface area contributed by atoms with Gasteiger partial charge >= 0.3 is 0 Å². The van der Waals surface area contributed by atoms with E-state index in [0.29, 0.717) is 0 Å². The lowest BCUT2D eigenvalue weighted by Gasteiger charge is -2.00. The van der Waals surface area contributed by atoms with Gasteiger partial charge in [-0.3, -0.25) is 0 Å². The molecule has 0 aliphatic carbocycles. The smallest absolute Gasteiger partial charge is 0.196 e. The lowest BCUT2D eigenvalue weighted by Crippen LogP contribution is -2.56. The van der Waals surface area contributed by atoms with Crippen molar-refractivity contribution >= 4 is 0 Å². The van der Waals surface area contributed by atoms with Crippen molar-refractivity contribution in [1.82, 2.24) is 0 Å². The molecule has 0 aromatic carbocycles. The normalized spacial score (nSPS) is 10.6. The summed E-state index contributed by atoms with van der Waals surface area (Å²) in [5.74, 6) is 0. The fourth-order valence-electron chi connectivity index (χ4n) is 1.96. The molecule has 0 fully saturated rings. The lowest BCUT2D eigenvalue weighted by molar-refractivity contribution is -0.712. The number of pyridine rings is 2. The maximum absolute atomic E-state index is 3.86. The largest absolute Gasteiger partial charge is 0.352 e. The Labute approximate surface area is 107 Å². The Hall–Kier alpha value is -1.78. The van der Waals surface area contributed by atoms with E-state index in [9.17, 15) is 0 Å². The van der Waals surface area contributed by atoms with Gasteiger partial charge in [0, 0.05) is 24.3 Å². The summed E-state index contributed by atoms with van der Waals surface area (Å²) in [7, 11) is 0. The lowest BCUT2D eigenvalue weighted by atomic mass is 10.1. The second-order valence-electron chi connectivity index (χ2n) is 4.36. The highest BCUT2D eigenvalue weighted by Gasteiger charge is 2.05. The minimum absolute atomic E-state index is 0.917. The van der Waals surface area contributed by atoms with Crippen molar-refractivity contribution < 1.29 is 20.6 Å². The van der Waals surface area contributed by atoms with Crippen LogP contribution in [0.15, 0.2) is 49.1 Å². The molecule has 0 unspecified atom stereocenters. The fourth-order valence-corrected chi connectivity index (χ4v) is 1.96. The van der Waals surface area contributed by atoms with Crippen LogP contribution >= 0.6 is 0 Å². The summed E-state index contributed by atoms with van der Waals surface area (Å²) < 4.78 is 4.31. The van der Waals surface area contributed by atoms with Crippen LogP contribution in [0.3, 0.4) is 0 Å². The zero-order valence-corrected chi connectivity index (χ0v) is 10.8.